The molecule has 3 heterocycles. The summed E-state index contributed by atoms with van der Waals surface area (Å²) in [7, 11) is -3.59. The molecule has 1 aliphatic heterocycles. The largest absolute Gasteiger partial charge is 0.506 e. The average Bonchev–Trinajstić information content (AvgIpc) is 3.33. The molecule has 0 atom stereocenters. The summed E-state index contributed by atoms with van der Waals surface area (Å²) in [5.74, 6) is -0.463. The fourth-order valence-electron chi connectivity index (χ4n) is 4.36. The highest BCUT2D eigenvalue weighted by molar-refractivity contribution is 8.23. The molecule has 0 spiro atoms. The smallest absolute Gasteiger partial charge is 0.267 e. The zero-order valence-electron chi connectivity index (χ0n) is 18.8. The van der Waals surface area contributed by atoms with Crippen molar-refractivity contribution in [2.24, 2.45) is 4.40 Å². The van der Waals surface area contributed by atoms with Crippen molar-refractivity contribution in [3.8, 4) is 11.4 Å². The summed E-state index contributed by atoms with van der Waals surface area (Å²) < 4.78 is 28.6. The number of nitrogens with zero attached hydrogens (tertiary/aromatic N) is 4. The topological polar surface area (TPSA) is 125 Å². The SMILES string of the molecule is O=c1c(C2=NS(O)(O)c3ccccc3N2)c(O)c2cnn(-c3ccccc3)c2n1Cc1ccccc1. The van der Waals surface area contributed by atoms with Crippen LogP contribution >= 0.6 is 10.8 Å². The first-order valence-corrected chi connectivity index (χ1v) is 12.6. The van der Waals surface area contributed by atoms with Crippen LogP contribution in [0.4, 0.5) is 5.69 Å². The van der Waals surface area contributed by atoms with Crippen LogP contribution in [0.25, 0.3) is 16.7 Å². The minimum absolute atomic E-state index is 0.118. The van der Waals surface area contributed by atoms with E-state index in [1.165, 1.54) is 10.8 Å². The predicted molar refractivity (Wildman–Crippen MR) is 140 cm³/mol. The maximum Gasteiger partial charge on any atom is 0.267 e. The molecule has 0 saturated carbocycles. The molecule has 0 bridgehead atoms. The summed E-state index contributed by atoms with van der Waals surface area (Å²) in [5.41, 5.74) is 1.67. The summed E-state index contributed by atoms with van der Waals surface area (Å²) in [6.45, 7) is 0.197. The first kappa shape index (κ1) is 22.1. The van der Waals surface area contributed by atoms with Crippen molar-refractivity contribution in [1.82, 2.24) is 14.3 Å². The van der Waals surface area contributed by atoms with E-state index in [0.29, 0.717) is 16.7 Å². The van der Waals surface area contributed by atoms with Crippen LogP contribution < -0.4 is 10.9 Å². The molecule has 0 unspecified atom stereocenters. The van der Waals surface area contributed by atoms with E-state index >= 15 is 0 Å². The summed E-state index contributed by atoms with van der Waals surface area (Å²) in [6, 6.07) is 25.4. The van der Waals surface area contributed by atoms with Crippen molar-refractivity contribution in [2.45, 2.75) is 11.4 Å². The number of hydrogen-bond acceptors (Lipinski definition) is 7. The second-order valence-corrected chi connectivity index (χ2v) is 9.97. The van der Waals surface area contributed by atoms with Crippen LogP contribution in [-0.2, 0) is 6.54 Å². The second-order valence-electron chi connectivity index (χ2n) is 8.31. The van der Waals surface area contributed by atoms with Gasteiger partial charge in [-0.1, -0.05) is 71.4 Å². The molecule has 1 aliphatic rings. The van der Waals surface area contributed by atoms with Crippen molar-refractivity contribution in [1.29, 1.82) is 0 Å². The number of rotatable bonds is 4. The van der Waals surface area contributed by atoms with Crippen molar-refractivity contribution in [3.63, 3.8) is 0 Å². The maximum absolute atomic E-state index is 14.0. The fraction of sp³-hybridized carbons (Fsp3) is 0.0385. The number of fused-ring (bicyclic) bond motifs is 2. The number of anilines is 1. The van der Waals surface area contributed by atoms with Gasteiger partial charge in [0.05, 0.1) is 29.5 Å². The van der Waals surface area contributed by atoms with Crippen molar-refractivity contribution >= 4 is 33.3 Å². The number of hydrogen-bond donors (Lipinski definition) is 4. The molecule has 0 fully saturated rings. The third-order valence-corrected chi connectivity index (χ3v) is 7.41. The molecular weight excluding hydrogens is 478 g/mol. The van der Waals surface area contributed by atoms with Gasteiger partial charge in [0.25, 0.3) is 5.56 Å². The van der Waals surface area contributed by atoms with Crippen LogP contribution in [0.5, 0.6) is 5.75 Å². The molecule has 3 aromatic carbocycles. The van der Waals surface area contributed by atoms with E-state index in [1.807, 2.05) is 60.7 Å². The Balaban J connectivity index is 1.63. The molecule has 10 heteroatoms. The van der Waals surface area contributed by atoms with Crippen molar-refractivity contribution in [2.75, 3.05) is 5.32 Å². The number of nitrogens with one attached hydrogen (secondary N) is 1. The fourth-order valence-corrected chi connectivity index (χ4v) is 5.53. The Kier molecular flexibility index (Phi) is 5.15. The van der Waals surface area contributed by atoms with E-state index < -0.39 is 16.3 Å². The molecule has 0 radical (unpaired) electrons. The number of benzene rings is 3. The van der Waals surface area contributed by atoms with Gasteiger partial charge >= 0.3 is 0 Å². The van der Waals surface area contributed by atoms with Gasteiger partial charge in [0, 0.05) is 0 Å². The first-order valence-electron chi connectivity index (χ1n) is 11.1. The summed E-state index contributed by atoms with van der Waals surface area (Å²) >= 11 is 0. The molecule has 5 aromatic rings. The lowest BCUT2D eigenvalue weighted by molar-refractivity contribution is 0.477. The lowest BCUT2D eigenvalue weighted by Crippen LogP contribution is -2.33. The third-order valence-electron chi connectivity index (χ3n) is 6.03. The highest BCUT2D eigenvalue weighted by Gasteiger charge is 2.31. The Morgan fingerprint density at radius 3 is 2.31 bits per heavy atom. The van der Waals surface area contributed by atoms with Gasteiger partial charge in [0.15, 0.2) is 11.5 Å². The Hall–Kier alpha value is -4.38. The van der Waals surface area contributed by atoms with Gasteiger partial charge in [-0.25, -0.2) is 4.68 Å². The average molecular weight is 500 g/mol. The normalized spacial score (nSPS) is 15.1. The summed E-state index contributed by atoms with van der Waals surface area (Å²) in [4.78, 5) is 14.2. The Morgan fingerprint density at radius 2 is 1.56 bits per heavy atom. The molecule has 9 nitrogen and oxygen atoms in total. The van der Waals surface area contributed by atoms with E-state index in [0.717, 1.165) is 11.3 Å². The Labute approximate surface area is 207 Å². The number of aromatic hydroxyl groups is 1. The number of para-hydroxylation sites is 2. The van der Waals surface area contributed by atoms with Gasteiger partial charge < -0.3 is 10.4 Å². The number of amidine groups is 1. The molecular formula is C26H21N5O4S. The van der Waals surface area contributed by atoms with E-state index in [1.54, 1.807) is 28.9 Å². The number of aromatic nitrogens is 3. The Morgan fingerprint density at radius 1 is 0.889 bits per heavy atom. The van der Waals surface area contributed by atoms with Crippen LogP contribution in [0.2, 0.25) is 0 Å². The molecule has 2 aromatic heterocycles. The molecule has 36 heavy (non-hydrogen) atoms. The monoisotopic (exact) mass is 499 g/mol. The Bertz CT molecular complexity index is 1690. The van der Waals surface area contributed by atoms with E-state index in [9.17, 15) is 19.0 Å². The van der Waals surface area contributed by atoms with Crippen LogP contribution in [-0.4, -0.2) is 34.4 Å². The summed E-state index contributed by atoms with van der Waals surface area (Å²) in [6.07, 6.45) is 1.48. The van der Waals surface area contributed by atoms with Gasteiger partial charge in [-0.15, -0.1) is 4.40 Å². The van der Waals surface area contributed by atoms with E-state index in [4.69, 9.17) is 0 Å². The molecule has 4 N–H and O–H groups in total. The van der Waals surface area contributed by atoms with Gasteiger partial charge in [0.1, 0.15) is 16.2 Å². The molecule has 6 rings (SSSR count). The van der Waals surface area contributed by atoms with Crippen molar-refractivity contribution in [3.05, 3.63) is 113 Å². The predicted octanol–water partition coefficient (Wildman–Crippen LogP) is 4.84. The molecule has 0 aliphatic carbocycles. The molecule has 0 amide bonds. The molecule has 180 valence electrons. The van der Waals surface area contributed by atoms with Crippen LogP contribution in [0.15, 0.2) is 105 Å². The highest BCUT2D eigenvalue weighted by Crippen LogP contribution is 2.55. The van der Waals surface area contributed by atoms with Gasteiger partial charge in [-0.2, -0.15) is 5.10 Å². The standard InChI is InChI=1S/C26H21N5O4S/c32-23-19-15-27-31(18-11-5-2-6-12-18)25(19)30(16-17-9-3-1-4-10-17)26(33)22(23)24-28-20-13-7-8-14-21(20)36(34,35)29-24/h1-15,32,34-35H,16H2,(H,28,29). The lowest BCUT2D eigenvalue weighted by atomic mass is 10.1. The quantitative estimate of drug-likeness (QED) is 0.281. The molecule has 0 saturated heterocycles. The van der Waals surface area contributed by atoms with Crippen LogP contribution in [0, 0.1) is 0 Å². The van der Waals surface area contributed by atoms with Crippen LogP contribution in [0.1, 0.15) is 11.1 Å². The zero-order valence-corrected chi connectivity index (χ0v) is 19.6. The minimum atomic E-state index is -3.59. The number of pyridine rings is 1. The summed E-state index contributed by atoms with van der Waals surface area (Å²) in [5, 5.41) is 19.1. The van der Waals surface area contributed by atoms with Gasteiger partial charge in [0.2, 0.25) is 0 Å². The third kappa shape index (κ3) is 3.55. The van der Waals surface area contributed by atoms with Gasteiger partial charge in [-0.05, 0) is 29.8 Å². The lowest BCUT2D eigenvalue weighted by Gasteiger charge is -2.34. The second kappa shape index (κ2) is 8.38. The maximum atomic E-state index is 14.0. The van der Waals surface area contributed by atoms with Gasteiger partial charge in [-0.3, -0.25) is 18.5 Å². The van der Waals surface area contributed by atoms with Crippen LogP contribution in [0.3, 0.4) is 0 Å². The van der Waals surface area contributed by atoms with Crippen molar-refractivity contribution < 1.29 is 14.2 Å². The highest BCUT2D eigenvalue weighted by atomic mass is 32.3. The van der Waals surface area contributed by atoms with E-state index in [-0.39, 0.29) is 28.6 Å². The minimum Gasteiger partial charge on any atom is -0.506 e. The zero-order chi connectivity index (χ0) is 24.9. The van der Waals surface area contributed by atoms with E-state index in [2.05, 4.69) is 14.8 Å². The first-order chi connectivity index (χ1) is 17.4.